The molecule has 0 radical (unpaired) electrons. The van der Waals surface area contributed by atoms with Crippen molar-refractivity contribution < 1.29 is 9.31 Å². The van der Waals surface area contributed by atoms with Crippen LogP contribution >= 0.6 is 12.6 Å². The molecule has 1 aromatic carbocycles. The summed E-state index contributed by atoms with van der Waals surface area (Å²) in [6.07, 6.45) is 0. The van der Waals surface area contributed by atoms with E-state index in [-0.39, 0.29) is 0 Å². The van der Waals surface area contributed by atoms with Crippen molar-refractivity contribution in [1.29, 1.82) is 0 Å². The van der Waals surface area contributed by atoms with Gasteiger partial charge in [-0.2, -0.15) is 12.6 Å². The molecule has 0 saturated carbocycles. The van der Waals surface area contributed by atoms with Crippen molar-refractivity contribution in [2.75, 3.05) is 0 Å². The van der Waals surface area contributed by atoms with Crippen molar-refractivity contribution in [3.8, 4) is 0 Å². The third kappa shape index (κ3) is 2.87. The molecular weight excluding hydrogens is 309 g/mol. The Morgan fingerprint density at radius 2 is 1.57 bits per heavy atom. The lowest BCUT2D eigenvalue weighted by Gasteiger charge is -2.32. The van der Waals surface area contributed by atoms with Crippen LogP contribution in [0.4, 0.5) is 5.69 Å². The van der Waals surface area contributed by atoms with Crippen LogP contribution in [0.25, 0.3) is 10.4 Å². The Morgan fingerprint density at radius 3 is 2.00 bits per heavy atom. The van der Waals surface area contributed by atoms with E-state index in [9.17, 15) is 0 Å². The predicted molar refractivity (Wildman–Crippen MR) is 97.9 cm³/mol. The summed E-state index contributed by atoms with van der Waals surface area (Å²) >= 11 is 4.44. The number of rotatable bonds is 3. The molecule has 1 fully saturated rings. The first-order valence-electron chi connectivity index (χ1n) is 7.71. The first-order valence-corrected chi connectivity index (χ1v) is 8.34. The molecule has 1 aliphatic heterocycles. The third-order valence-corrected chi connectivity index (χ3v) is 5.53. The molecule has 0 amide bonds. The van der Waals surface area contributed by atoms with E-state index in [4.69, 9.17) is 14.8 Å². The molecule has 1 aliphatic rings. The van der Waals surface area contributed by atoms with Crippen LogP contribution in [0.1, 0.15) is 49.9 Å². The molecule has 0 unspecified atom stereocenters. The predicted octanol–water partition coefficient (Wildman–Crippen LogP) is 4.28. The molecule has 1 saturated heterocycles. The first-order chi connectivity index (χ1) is 10.6. The van der Waals surface area contributed by atoms with Gasteiger partial charge in [-0.1, -0.05) is 5.11 Å². The summed E-state index contributed by atoms with van der Waals surface area (Å²) in [6, 6.07) is 0. The monoisotopic (exact) mass is 333 g/mol. The fourth-order valence-corrected chi connectivity index (χ4v) is 3.50. The number of hydrogen-bond donors (Lipinski definition) is 1. The molecule has 0 aliphatic carbocycles. The van der Waals surface area contributed by atoms with Gasteiger partial charge in [-0.3, -0.25) is 0 Å². The maximum Gasteiger partial charge on any atom is 0.495 e. The van der Waals surface area contributed by atoms with E-state index in [1.54, 1.807) is 0 Å². The molecule has 2 rings (SSSR count). The second kappa shape index (κ2) is 6.06. The van der Waals surface area contributed by atoms with E-state index < -0.39 is 18.3 Å². The Bertz CT molecular complexity index is 681. The van der Waals surface area contributed by atoms with E-state index in [1.165, 1.54) is 0 Å². The lowest BCUT2D eigenvalue weighted by Crippen LogP contribution is -2.41. The van der Waals surface area contributed by atoms with Crippen molar-refractivity contribution in [3.63, 3.8) is 0 Å². The summed E-state index contributed by atoms with van der Waals surface area (Å²) in [5.41, 5.74) is 13.7. The fourth-order valence-electron chi connectivity index (χ4n) is 3.02. The average molecular weight is 333 g/mol. The van der Waals surface area contributed by atoms with Crippen molar-refractivity contribution in [3.05, 3.63) is 32.7 Å². The van der Waals surface area contributed by atoms with Gasteiger partial charge in [0.15, 0.2) is 0 Å². The van der Waals surface area contributed by atoms with Crippen LogP contribution in [0, 0.1) is 20.8 Å². The Hall–Kier alpha value is -1.14. The van der Waals surface area contributed by atoms with Crippen molar-refractivity contribution in [1.82, 2.24) is 0 Å². The molecule has 0 N–H and O–H groups in total. The third-order valence-electron chi connectivity index (χ3n) is 5.22. The standard InChI is InChI=1S/C16H24BN3O2S/c1-9-12(8-23)10(2)14(19-20-18)11(3)13(9)17-21-15(4,5)16(6,7)22-17/h23H,8H2,1-7H3. The summed E-state index contributed by atoms with van der Waals surface area (Å²) < 4.78 is 12.4. The van der Waals surface area contributed by atoms with E-state index in [1.807, 2.05) is 48.5 Å². The quantitative estimate of drug-likeness (QED) is 0.295. The molecule has 7 heteroatoms. The highest BCUT2D eigenvalue weighted by Gasteiger charge is 2.52. The summed E-state index contributed by atoms with van der Waals surface area (Å²) in [7, 11) is -0.480. The minimum Gasteiger partial charge on any atom is -0.399 e. The van der Waals surface area contributed by atoms with Crippen LogP contribution in [0.5, 0.6) is 0 Å². The smallest absolute Gasteiger partial charge is 0.399 e. The zero-order chi connectivity index (χ0) is 17.6. The normalized spacial score (nSPS) is 18.9. The van der Waals surface area contributed by atoms with Gasteiger partial charge >= 0.3 is 7.12 Å². The zero-order valence-electron chi connectivity index (χ0n) is 14.9. The van der Waals surface area contributed by atoms with Gasteiger partial charge < -0.3 is 9.31 Å². The lowest BCUT2D eigenvalue weighted by atomic mass is 9.71. The van der Waals surface area contributed by atoms with Gasteiger partial charge in [0.05, 0.1) is 11.2 Å². The number of hydrogen-bond acceptors (Lipinski definition) is 4. The molecule has 1 heterocycles. The lowest BCUT2D eigenvalue weighted by molar-refractivity contribution is 0.00578. The van der Waals surface area contributed by atoms with Gasteiger partial charge in [-0.05, 0) is 81.7 Å². The molecule has 23 heavy (non-hydrogen) atoms. The minimum absolute atomic E-state index is 0.415. The van der Waals surface area contributed by atoms with E-state index in [0.29, 0.717) is 11.4 Å². The van der Waals surface area contributed by atoms with E-state index >= 15 is 0 Å². The Kier molecular flexibility index (Phi) is 4.80. The van der Waals surface area contributed by atoms with E-state index in [2.05, 4.69) is 22.7 Å². The Balaban J connectivity index is 2.69. The van der Waals surface area contributed by atoms with Gasteiger partial charge in [0, 0.05) is 16.4 Å². The van der Waals surface area contributed by atoms with Crippen LogP contribution in [0.2, 0.25) is 0 Å². The van der Waals surface area contributed by atoms with Crippen LogP contribution in [-0.2, 0) is 15.1 Å². The minimum atomic E-state index is -0.480. The first kappa shape index (κ1) is 18.2. The SMILES string of the molecule is Cc1c(CS)c(C)c(B2OC(C)(C)C(C)(C)O2)c(C)c1N=[N+]=[N-]. The van der Waals surface area contributed by atoms with Crippen LogP contribution in [0.15, 0.2) is 5.11 Å². The molecule has 0 spiro atoms. The number of azide groups is 1. The van der Waals surface area contributed by atoms with E-state index in [0.717, 1.165) is 27.7 Å². The maximum atomic E-state index is 8.90. The largest absolute Gasteiger partial charge is 0.495 e. The van der Waals surface area contributed by atoms with Gasteiger partial charge in [0.1, 0.15) is 0 Å². The Morgan fingerprint density at radius 1 is 1.04 bits per heavy atom. The average Bonchev–Trinajstić information content (AvgIpc) is 2.63. The summed E-state index contributed by atoms with van der Waals surface area (Å²) in [5.74, 6) is 0.568. The van der Waals surface area contributed by atoms with Gasteiger partial charge in [0.2, 0.25) is 0 Å². The summed E-state index contributed by atoms with van der Waals surface area (Å²) in [6.45, 7) is 14.1. The second-order valence-corrected chi connectivity index (χ2v) is 7.37. The maximum absolute atomic E-state index is 8.90. The molecule has 0 atom stereocenters. The Labute approximate surface area is 143 Å². The topological polar surface area (TPSA) is 67.2 Å². The van der Waals surface area contributed by atoms with Gasteiger partial charge in [-0.15, -0.1) is 0 Å². The van der Waals surface area contributed by atoms with Crippen molar-refractivity contribution in [2.24, 2.45) is 5.11 Å². The highest BCUT2D eigenvalue weighted by Crippen LogP contribution is 2.38. The zero-order valence-corrected chi connectivity index (χ0v) is 15.8. The molecule has 124 valence electrons. The van der Waals surface area contributed by atoms with Gasteiger partial charge in [-0.25, -0.2) is 0 Å². The summed E-state index contributed by atoms with van der Waals surface area (Å²) in [4.78, 5) is 2.98. The second-order valence-electron chi connectivity index (χ2n) is 7.05. The summed E-state index contributed by atoms with van der Waals surface area (Å²) in [5, 5.41) is 3.90. The number of thiol groups is 1. The molecular formula is C16H24BN3O2S. The molecule has 0 bridgehead atoms. The highest BCUT2D eigenvalue weighted by atomic mass is 32.1. The molecule has 5 nitrogen and oxygen atoms in total. The van der Waals surface area contributed by atoms with Crippen LogP contribution in [0.3, 0.4) is 0 Å². The van der Waals surface area contributed by atoms with Crippen molar-refractivity contribution in [2.45, 2.75) is 65.4 Å². The highest BCUT2D eigenvalue weighted by molar-refractivity contribution is 7.79. The molecule has 1 aromatic rings. The van der Waals surface area contributed by atoms with Crippen LogP contribution in [-0.4, -0.2) is 18.3 Å². The number of benzene rings is 1. The fraction of sp³-hybridized carbons (Fsp3) is 0.625. The van der Waals surface area contributed by atoms with Crippen molar-refractivity contribution >= 4 is 30.9 Å². The van der Waals surface area contributed by atoms with Gasteiger partial charge in [0.25, 0.3) is 0 Å². The van der Waals surface area contributed by atoms with Crippen LogP contribution < -0.4 is 5.46 Å². The number of nitrogens with zero attached hydrogens (tertiary/aromatic N) is 3. The molecule has 0 aromatic heterocycles.